The van der Waals surface area contributed by atoms with E-state index in [0.717, 1.165) is 36.5 Å². The highest BCUT2D eigenvalue weighted by atomic mass is 32.2. The van der Waals surface area contributed by atoms with Crippen molar-refractivity contribution in [3.8, 4) is 0 Å². The van der Waals surface area contributed by atoms with Gasteiger partial charge in [0.15, 0.2) is 0 Å². The minimum Gasteiger partial charge on any atom is -0.309 e. The number of thioether (sulfide) groups is 1. The van der Waals surface area contributed by atoms with Crippen molar-refractivity contribution in [2.45, 2.75) is 29.9 Å². The van der Waals surface area contributed by atoms with E-state index in [-0.39, 0.29) is 6.03 Å². The first kappa shape index (κ1) is 22.4. The molecule has 1 aliphatic rings. The molecule has 1 aliphatic carbocycles. The molecule has 0 radical (unpaired) electrons. The van der Waals surface area contributed by atoms with Gasteiger partial charge in [0, 0.05) is 28.6 Å². The molecule has 0 aliphatic heterocycles. The summed E-state index contributed by atoms with van der Waals surface area (Å²) in [7, 11) is 4.27. The maximum absolute atomic E-state index is 12.5. The molecule has 3 aromatic carbocycles. The Morgan fingerprint density at radius 3 is 2.41 bits per heavy atom. The lowest BCUT2D eigenvalue weighted by Gasteiger charge is -2.27. The van der Waals surface area contributed by atoms with Crippen LogP contribution in [0.2, 0.25) is 0 Å². The Balaban J connectivity index is 1.28. The van der Waals surface area contributed by atoms with Crippen molar-refractivity contribution in [3.63, 3.8) is 0 Å². The molecule has 0 saturated heterocycles. The van der Waals surface area contributed by atoms with Crippen LogP contribution in [0.5, 0.6) is 0 Å². The molecule has 2 amide bonds. The Morgan fingerprint density at radius 1 is 0.938 bits per heavy atom. The van der Waals surface area contributed by atoms with Gasteiger partial charge in [0.1, 0.15) is 0 Å². The Labute approximate surface area is 195 Å². The lowest BCUT2D eigenvalue weighted by atomic mass is 9.83. The third-order valence-electron chi connectivity index (χ3n) is 5.78. The van der Waals surface area contributed by atoms with Gasteiger partial charge in [-0.25, -0.2) is 4.79 Å². The summed E-state index contributed by atoms with van der Waals surface area (Å²) in [6.45, 7) is 1.13. The monoisotopic (exact) mass is 445 g/mol. The summed E-state index contributed by atoms with van der Waals surface area (Å²) in [5, 5.41) is 5.92. The van der Waals surface area contributed by atoms with Crippen LogP contribution in [0.15, 0.2) is 77.7 Å². The van der Waals surface area contributed by atoms with Crippen LogP contribution in [0, 0.1) is 5.92 Å². The number of rotatable bonds is 7. The van der Waals surface area contributed by atoms with Gasteiger partial charge in [-0.2, -0.15) is 0 Å². The van der Waals surface area contributed by atoms with Crippen molar-refractivity contribution in [1.29, 1.82) is 0 Å². The Morgan fingerprint density at radius 2 is 1.66 bits per heavy atom. The number of carbonyl (C=O) groups is 1. The van der Waals surface area contributed by atoms with Crippen molar-refractivity contribution in [3.05, 3.63) is 89.5 Å². The number of urea groups is 1. The number of amides is 2. The van der Waals surface area contributed by atoms with Gasteiger partial charge in [0.2, 0.25) is 0 Å². The van der Waals surface area contributed by atoms with Gasteiger partial charge in [-0.3, -0.25) is 0 Å². The standard InChI is InChI=1S/C27H31N3OS/c1-30(2)18-21-8-9-23-17-25(11-10-22(23)16-21)29-27(31)28-24-12-14-26(15-13-24)32-19-20-6-4-3-5-7-20/h3-7,10-15,17,21H,8-9,16,18-19H2,1-2H3,(H2,28,29,31). The summed E-state index contributed by atoms with van der Waals surface area (Å²) in [5.74, 6) is 1.65. The van der Waals surface area contributed by atoms with Crippen LogP contribution in [0.3, 0.4) is 0 Å². The fraction of sp³-hybridized carbons (Fsp3) is 0.296. The number of aryl methyl sites for hydroxylation is 1. The number of benzene rings is 3. The fourth-order valence-electron chi connectivity index (χ4n) is 4.25. The number of nitrogens with one attached hydrogen (secondary N) is 2. The summed E-state index contributed by atoms with van der Waals surface area (Å²) in [4.78, 5) is 15.9. The van der Waals surface area contributed by atoms with Gasteiger partial charge >= 0.3 is 6.03 Å². The highest BCUT2D eigenvalue weighted by Crippen LogP contribution is 2.28. The summed E-state index contributed by atoms with van der Waals surface area (Å²) < 4.78 is 0. The quantitative estimate of drug-likeness (QED) is 0.420. The first-order valence-corrected chi connectivity index (χ1v) is 12.1. The summed E-state index contributed by atoms with van der Waals surface area (Å²) >= 11 is 1.79. The Hall–Kier alpha value is -2.76. The van der Waals surface area contributed by atoms with Crippen molar-refractivity contribution >= 4 is 29.2 Å². The highest BCUT2D eigenvalue weighted by molar-refractivity contribution is 7.98. The summed E-state index contributed by atoms with van der Waals surface area (Å²) in [5.41, 5.74) is 5.71. The molecule has 0 heterocycles. The minimum absolute atomic E-state index is 0.212. The molecule has 1 atom stereocenters. The number of hydrogen-bond acceptors (Lipinski definition) is 3. The number of carbonyl (C=O) groups excluding carboxylic acids is 1. The van der Waals surface area contributed by atoms with E-state index in [9.17, 15) is 4.79 Å². The third kappa shape index (κ3) is 6.38. The second-order valence-electron chi connectivity index (χ2n) is 8.73. The van der Waals surface area contributed by atoms with Gasteiger partial charge in [-0.05, 0) is 92.4 Å². The minimum atomic E-state index is -0.212. The molecule has 4 nitrogen and oxygen atoms in total. The highest BCUT2D eigenvalue weighted by Gasteiger charge is 2.19. The molecule has 0 spiro atoms. The molecule has 0 aromatic heterocycles. The average Bonchev–Trinajstić information content (AvgIpc) is 2.79. The van der Waals surface area contributed by atoms with Gasteiger partial charge < -0.3 is 15.5 Å². The third-order valence-corrected chi connectivity index (χ3v) is 6.86. The molecule has 5 heteroatoms. The summed E-state index contributed by atoms with van der Waals surface area (Å²) in [6.07, 6.45) is 3.40. The van der Waals surface area contributed by atoms with Crippen molar-refractivity contribution in [2.75, 3.05) is 31.3 Å². The maximum Gasteiger partial charge on any atom is 0.323 e. The zero-order valence-corrected chi connectivity index (χ0v) is 19.6. The Bertz CT molecular complexity index is 1030. The van der Waals surface area contributed by atoms with E-state index in [1.165, 1.54) is 28.0 Å². The lowest BCUT2D eigenvalue weighted by Crippen LogP contribution is -2.26. The lowest BCUT2D eigenvalue weighted by molar-refractivity contribution is 0.262. The molecule has 3 aromatic rings. The van der Waals surface area contributed by atoms with Gasteiger partial charge in [0.05, 0.1) is 0 Å². The van der Waals surface area contributed by atoms with Crippen LogP contribution in [-0.4, -0.2) is 31.6 Å². The van der Waals surface area contributed by atoms with Crippen molar-refractivity contribution < 1.29 is 4.79 Å². The average molecular weight is 446 g/mol. The largest absolute Gasteiger partial charge is 0.323 e. The van der Waals surface area contributed by atoms with Crippen LogP contribution in [0.25, 0.3) is 0 Å². The van der Waals surface area contributed by atoms with Crippen molar-refractivity contribution in [2.24, 2.45) is 5.92 Å². The van der Waals surface area contributed by atoms with E-state index >= 15 is 0 Å². The zero-order valence-electron chi connectivity index (χ0n) is 18.8. The second-order valence-corrected chi connectivity index (χ2v) is 9.78. The maximum atomic E-state index is 12.5. The van der Waals surface area contributed by atoms with E-state index in [0.29, 0.717) is 5.92 Å². The second kappa shape index (κ2) is 10.7. The van der Waals surface area contributed by atoms with E-state index < -0.39 is 0 Å². The molecule has 2 N–H and O–H groups in total. The smallest absolute Gasteiger partial charge is 0.309 e. The van der Waals surface area contributed by atoms with Crippen LogP contribution in [-0.2, 0) is 18.6 Å². The molecule has 0 bridgehead atoms. The summed E-state index contributed by atoms with van der Waals surface area (Å²) in [6, 6.07) is 24.5. The van der Waals surface area contributed by atoms with Crippen LogP contribution in [0.4, 0.5) is 16.2 Å². The van der Waals surface area contributed by atoms with Gasteiger partial charge in [-0.1, -0.05) is 36.4 Å². The molecule has 4 rings (SSSR count). The van der Waals surface area contributed by atoms with E-state index in [1.807, 2.05) is 36.4 Å². The number of nitrogens with zero attached hydrogens (tertiary/aromatic N) is 1. The topological polar surface area (TPSA) is 44.4 Å². The molecule has 1 unspecified atom stereocenters. The molecule has 166 valence electrons. The number of fused-ring (bicyclic) bond motifs is 1. The van der Waals surface area contributed by atoms with Crippen LogP contribution < -0.4 is 10.6 Å². The Kier molecular flexibility index (Phi) is 7.51. The first-order chi connectivity index (χ1) is 15.5. The molecular weight excluding hydrogens is 414 g/mol. The number of hydrogen-bond donors (Lipinski definition) is 2. The predicted molar refractivity (Wildman–Crippen MR) is 136 cm³/mol. The normalized spacial score (nSPS) is 15.3. The predicted octanol–water partition coefficient (Wildman–Crippen LogP) is 6.29. The number of anilines is 2. The van der Waals surface area contributed by atoms with E-state index in [4.69, 9.17) is 0 Å². The fourth-order valence-corrected chi connectivity index (χ4v) is 5.10. The molecule has 32 heavy (non-hydrogen) atoms. The van der Waals surface area contributed by atoms with E-state index in [1.54, 1.807) is 11.8 Å². The zero-order chi connectivity index (χ0) is 22.3. The molecular formula is C27H31N3OS. The van der Waals surface area contributed by atoms with E-state index in [2.05, 4.69) is 66.0 Å². The van der Waals surface area contributed by atoms with Gasteiger partial charge in [-0.15, -0.1) is 11.8 Å². The molecule has 0 fully saturated rings. The first-order valence-electron chi connectivity index (χ1n) is 11.2. The van der Waals surface area contributed by atoms with Gasteiger partial charge in [0.25, 0.3) is 0 Å². The molecule has 0 saturated carbocycles. The van der Waals surface area contributed by atoms with Crippen LogP contribution in [0.1, 0.15) is 23.1 Å². The van der Waals surface area contributed by atoms with Crippen molar-refractivity contribution in [1.82, 2.24) is 4.90 Å². The SMILES string of the molecule is CN(C)CC1CCc2cc(NC(=O)Nc3ccc(SCc4ccccc4)cc3)ccc2C1. The van der Waals surface area contributed by atoms with Crippen LogP contribution >= 0.6 is 11.8 Å².